The first-order chi connectivity index (χ1) is 16.4. The number of rotatable bonds is 2. The zero-order valence-electron chi connectivity index (χ0n) is 22.7. The van der Waals surface area contributed by atoms with Crippen LogP contribution < -0.4 is 0 Å². The Morgan fingerprint density at radius 3 is 1.81 bits per heavy atom. The second-order valence-electron chi connectivity index (χ2n) is 10.9. The highest BCUT2D eigenvalue weighted by Crippen LogP contribution is 2.39. The normalized spacial score (nSPS) is 24.9. The summed E-state index contributed by atoms with van der Waals surface area (Å²) in [4.78, 5) is 23.5. The van der Waals surface area contributed by atoms with Gasteiger partial charge in [-0.05, 0) is 58.3 Å². The molecule has 3 atom stereocenters. The van der Waals surface area contributed by atoms with Gasteiger partial charge in [0.15, 0.2) is 11.6 Å². The SMILES string of the molecule is C=CC(C)(O)C#CC1=C(C)C(=O)C(O)CC1(C)C.CC1=C(C#C/C(C)=C/CO)C(C)(C)CC(O)C1=O. The fourth-order valence-electron chi connectivity index (χ4n) is 4.23. The highest BCUT2D eigenvalue weighted by molar-refractivity contribution is 6.01. The minimum absolute atomic E-state index is 0.0421. The minimum Gasteiger partial charge on any atom is -0.392 e. The Hall–Kier alpha value is -2.74. The van der Waals surface area contributed by atoms with Crippen LogP contribution in [0.5, 0.6) is 0 Å². The number of aliphatic hydroxyl groups is 4. The smallest absolute Gasteiger partial charge is 0.187 e. The number of aliphatic hydroxyl groups excluding tert-OH is 3. The van der Waals surface area contributed by atoms with E-state index >= 15 is 0 Å². The Kier molecular flexibility index (Phi) is 10.4. The molecule has 196 valence electrons. The van der Waals surface area contributed by atoms with Crippen LogP contribution >= 0.6 is 0 Å². The average Bonchev–Trinajstić information content (AvgIpc) is 2.75. The van der Waals surface area contributed by atoms with Crippen molar-refractivity contribution in [2.45, 2.75) is 86.0 Å². The molecule has 6 heteroatoms. The van der Waals surface area contributed by atoms with Crippen LogP contribution in [0.3, 0.4) is 0 Å². The first kappa shape index (κ1) is 31.3. The van der Waals surface area contributed by atoms with Crippen molar-refractivity contribution < 1.29 is 30.0 Å². The van der Waals surface area contributed by atoms with Gasteiger partial charge in [-0.1, -0.05) is 58.0 Å². The fraction of sp³-hybridized carbons (Fsp3) is 0.533. The average molecular weight is 497 g/mol. The Bertz CT molecular complexity index is 1120. The molecule has 0 fully saturated rings. The highest BCUT2D eigenvalue weighted by Gasteiger charge is 2.38. The third-order valence-corrected chi connectivity index (χ3v) is 6.48. The van der Waals surface area contributed by atoms with Gasteiger partial charge in [0.25, 0.3) is 0 Å². The van der Waals surface area contributed by atoms with Crippen LogP contribution in [0.1, 0.15) is 68.2 Å². The number of ketones is 2. The first-order valence-electron chi connectivity index (χ1n) is 12.0. The summed E-state index contributed by atoms with van der Waals surface area (Å²) in [6.45, 7) is 18.0. The van der Waals surface area contributed by atoms with Gasteiger partial charge in [0.1, 0.15) is 17.8 Å². The van der Waals surface area contributed by atoms with Crippen molar-refractivity contribution in [3.05, 3.63) is 46.6 Å². The molecule has 36 heavy (non-hydrogen) atoms. The summed E-state index contributed by atoms with van der Waals surface area (Å²) in [5, 5.41) is 37.9. The maximum Gasteiger partial charge on any atom is 0.187 e. The van der Waals surface area contributed by atoms with Gasteiger partial charge in [0.05, 0.1) is 6.61 Å². The van der Waals surface area contributed by atoms with Gasteiger partial charge in [-0.25, -0.2) is 0 Å². The van der Waals surface area contributed by atoms with Gasteiger partial charge in [-0.3, -0.25) is 9.59 Å². The quantitative estimate of drug-likeness (QED) is 0.345. The summed E-state index contributed by atoms with van der Waals surface area (Å²) in [6.07, 6.45) is 1.85. The Morgan fingerprint density at radius 2 is 1.42 bits per heavy atom. The molecule has 4 N–H and O–H groups in total. The summed E-state index contributed by atoms with van der Waals surface area (Å²) in [6, 6.07) is 0. The third-order valence-electron chi connectivity index (χ3n) is 6.48. The predicted molar refractivity (Wildman–Crippen MR) is 141 cm³/mol. The first-order valence-corrected chi connectivity index (χ1v) is 12.0. The molecule has 0 aliphatic heterocycles. The lowest BCUT2D eigenvalue weighted by molar-refractivity contribution is -0.126. The molecule has 0 heterocycles. The zero-order valence-corrected chi connectivity index (χ0v) is 22.7. The Labute approximate surface area is 215 Å². The van der Waals surface area contributed by atoms with Crippen molar-refractivity contribution >= 4 is 11.6 Å². The van der Waals surface area contributed by atoms with Crippen LogP contribution in [-0.4, -0.2) is 56.4 Å². The summed E-state index contributed by atoms with van der Waals surface area (Å²) < 4.78 is 0. The van der Waals surface area contributed by atoms with Gasteiger partial charge in [-0.2, -0.15) is 0 Å². The number of hydrogen-bond acceptors (Lipinski definition) is 6. The molecule has 0 aromatic rings. The molecule has 2 aliphatic rings. The molecule has 0 spiro atoms. The van der Waals surface area contributed by atoms with Crippen molar-refractivity contribution in [3.63, 3.8) is 0 Å². The molecule has 0 aromatic carbocycles. The van der Waals surface area contributed by atoms with E-state index in [9.17, 15) is 24.9 Å². The summed E-state index contributed by atoms with van der Waals surface area (Å²) in [5.41, 5.74) is 1.30. The molecule has 2 rings (SSSR count). The van der Waals surface area contributed by atoms with Crippen molar-refractivity contribution in [2.75, 3.05) is 6.61 Å². The maximum atomic E-state index is 11.8. The molecule has 0 amide bonds. The number of carbonyl (C=O) groups is 2. The van der Waals surface area contributed by atoms with E-state index in [1.54, 1.807) is 19.9 Å². The van der Waals surface area contributed by atoms with E-state index in [2.05, 4.69) is 30.3 Å². The largest absolute Gasteiger partial charge is 0.392 e. The molecule has 0 saturated heterocycles. The van der Waals surface area contributed by atoms with Crippen molar-refractivity contribution in [3.8, 4) is 23.7 Å². The van der Waals surface area contributed by atoms with E-state index in [0.29, 0.717) is 29.6 Å². The van der Waals surface area contributed by atoms with Crippen LogP contribution in [0.15, 0.2) is 46.6 Å². The van der Waals surface area contributed by atoms with Crippen LogP contribution in [0, 0.1) is 34.5 Å². The highest BCUT2D eigenvalue weighted by atomic mass is 16.3. The van der Waals surface area contributed by atoms with Crippen LogP contribution in [0.4, 0.5) is 0 Å². The summed E-state index contributed by atoms with van der Waals surface area (Å²) in [5.74, 6) is 11.0. The molecular weight excluding hydrogens is 456 g/mol. The molecule has 0 saturated carbocycles. The van der Waals surface area contributed by atoms with Gasteiger partial charge in [-0.15, -0.1) is 0 Å². The number of carbonyl (C=O) groups excluding carboxylic acids is 2. The molecule has 3 unspecified atom stereocenters. The van der Waals surface area contributed by atoms with Crippen molar-refractivity contribution in [2.24, 2.45) is 10.8 Å². The van der Waals surface area contributed by atoms with Crippen LogP contribution in [-0.2, 0) is 9.59 Å². The van der Waals surface area contributed by atoms with Crippen molar-refractivity contribution in [1.82, 2.24) is 0 Å². The third kappa shape index (κ3) is 7.88. The number of Topliss-reactive ketones (excluding diaryl/α,β-unsaturated/α-hetero) is 2. The van der Waals surface area contributed by atoms with E-state index in [0.717, 1.165) is 11.1 Å². The summed E-state index contributed by atoms with van der Waals surface area (Å²) in [7, 11) is 0. The number of hydrogen-bond donors (Lipinski definition) is 4. The lowest BCUT2D eigenvalue weighted by Gasteiger charge is -2.33. The lowest BCUT2D eigenvalue weighted by Crippen LogP contribution is -2.36. The van der Waals surface area contributed by atoms with Crippen LogP contribution in [0.2, 0.25) is 0 Å². The maximum absolute atomic E-state index is 11.8. The number of allylic oxidation sites excluding steroid dienone is 3. The van der Waals surface area contributed by atoms with Gasteiger partial charge >= 0.3 is 0 Å². The molecule has 0 bridgehead atoms. The topological polar surface area (TPSA) is 115 Å². The molecule has 2 aliphatic carbocycles. The standard InChI is InChI=1S/2C15H20O3/c1-10(7-8-16)5-6-12-11(2)14(18)13(17)9-15(12,3)4;1-6-15(5,18)8-7-11-10(2)13(17)12(16)9-14(11,3)4/h7,13,16-17H,8-9H2,1-4H3;6,12,16,18H,1,9H2,2-5H3/b10-7+;. The second kappa shape index (κ2) is 12.0. The monoisotopic (exact) mass is 496 g/mol. The molecule has 6 nitrogen and oxygen atoms in total. The lowest BCUT2D eigenvalue weighted by atomic mass is 9.71. The van der Waals surface area contributed by atoms with Gasteiger partial charge in [0.2, 0.25) is 0 Å². The van der Waals surface area contributed by atoms with E-state index in [1.165, 1.54) is 13.0 Å². The Balaban J connectivity index is 0.000000360. The van der Waals surface area contributed by atoms with E-state index < -0.39 is 17.8 Å². The summed E-state index contributed by atoms with van der Waals surface area (Å²) >= 11 is 0. The second-order valence-corrected chi connectivity index (χ2v) is 10.9. The molecule has 0 aromatic heterocycles. The van der Waals surface area contributed by atoms with Gasteiger partial charge in [0, 0.05) is 33.1 Å². The molecular formula is C30H40O6. The van der Waals surface area contributed by atoms with Crippen LogP contribution in [0.25, 0.3) is 0 Å². The minimum atomic E-state index is -1.28. The van der Waals surface area contributed by atoms with E-state index in [4.69, 9.17) is 5.11 Å². The van der Waals surface area contributed by atoms with Gasteiger partial charge < -0.3 is 20.4 Å². The predicted octanol–water partition coefficient (Wildman–Crippen LogP) is 3.21. The Morgan fingerprint density at radius 1 is 1.00 bits per heavy atom. The van der Waals surface area contributed by atoms with Crippen molar-refractivity contribution in [1.29, 1.82) is 0 Å². The van der Waals surface area contributed by atoms with E-state index in [-0.39, 0.29) is 29.0 Å². The van der Waals surface area contributed by atoms with E-state index in [1.807, 2.05) is 34.6 Å². The zero-order chi connectivity index (χ0) is 28.1. The molecule has 0 radical (unpaired) electrons. The fourth-order valence-corrected chi connectivity index (χ4v) is 4.23.